The lowest BCUT2D eigenvalue weighted by molar-refractivity contribution is 0.00810. The van der Waals surface area contributed by atoms with Crippen molar-refractivity contribution < 1.29 is 15.0 Å². The van der Waals surface area contributed by atoms with Crippen LogP contribution in [-0.4, -0.2) is 44.8 Å². The van der Waals surface area contributed by atoms with E-state index < -0.39 is 12.1 Å². The van der Waals surface area contributed by atoms with Crippen LogP contribution in [0.5, 0.6) is 0 Å². The number of fused-ring (bicyclic) bond motifs is 1. The SMILES string of the molecule is Cc1cc([C@@H](C)Nc2ccccc2C(=O)O)c2nc(N3CC(O)C4(CCC4)C3)c(C)c(=O)n2c1. The highest BCUT2D eigenvalue weighted by Crippen LogP contribution is 2.49. The molecule has 34 heavy (non-hydrogen) atoms. The van der Waals surface area contributed by atoms with Crippen molar-refractivity contribution in [3.05, 3.63) is 69.1 Å². The summed E-state index contributed by atoms with van der Waals surface area (Å²) in [7, 11) is 0. The predicted octanol–water partition coefficient (Wildman–Crippen LogP) is 3.53. The van der Waals surface area contributed by atoms with E-state index in [9.17, 15) is 19.8 Å². The number of aliphatic hydroxyl groups excluding tert-OH is 1. The zero-order chi connectivity index (χ0) is 24.2. The number of β-amino-alcohol motifs (C(OH)–C–C–N with tert-alkyl or cyclic N) is 1. The average Bonchev–Trinajstić information content (AvgIpc) is 3.13. The number of carboxylic acid groups (broad SMARTS) is 1. The molecule has 1 saturated heterocycles. The maximum Gasteiger partial charge on any atom is 0.337 e. The standard InChI is InChI=1S/C26H30N4O4/c1-15-11-19(17(3)27-20-8-5-4-7-18(20)25(33)34)23-28-22(16(2)24(32)30(23)12-15)29-13-21(31)26(14-29)9-6-10-26/h4-5,7-8,11-12,17,21,27,31H,6,9-10,13-14H2,1-3H3,(H,33,34)/t17-,21?/m1/s1. The van der Waals surface area contributed by atoms with Crippen molar-refractivity contribution in [3.63, 3.8) is 0 Å². The van der Waals surface area contributed by atoms with E-state index in [-0.39, 0.29) is 22.6 Å². The Balaban J connectivity index is 1.59. The highest BCUT2D eigenvalue weighted by Gasteiger charge is 2.50. The first-order valence-electron chi connectivity index (χ1n) is 11.8. The van der Waals surface area contributed by atoms with Crippen molar-refractivity contribution in [2.24, 2.45) is 5.41 Å². The highest BCUT2D eigenvalue weighted by atomic mass is 16.4. The summed E-state index contributed by atoms with van der Waals surface area (Å²) in [6.07, 6.45) is 4.51. The highest BCUT2D eigenvalue weighted by molar-refractivity contribution is 5.94. The van der Waals surface area contributed by atoms with Gasteiger partial charge in [0.2, 0.25) is 0 Å². The second kappa shape index (κ2) is 8.13. The van der Waals surface area contributed by atoms with Crippen LogP contribution in [0.15, 0.2) is 41.3 Å². The second-order valence-corrected chi connectivity index (χ2v) is 9.86. The summed E-state index contributed by atoms with van der Waals surface area (Å²) in [6.45, 7) is 6.83. The molecule has 1 aliphatic carbocycles. The van der Waals surface area contributed by atoms with Crippen LogP contribution in [0.3, 0.4) is 0 Å². The van der Waals surface area contributed by atoms with Crippen LogP contribution in [0.2, 0.25) is 0 Å². The van der Waals surface area contributed by atoms with Crippen molar-refractivity contribution in [3.8, 4) is 0 Å². The number of carbonyl (C=O) groups is 1. The first-order valence-corrected chi connectivity index (χ1v) is 11.8. The summed E-state index contributed by atoms with van der Waals surface area (Å²) in [5.74, 6) is -0.384. The number of benzene rings is 1. The molecular formula is C26H30N4O4. The fourth-order valence-electron chi connectivity index (χ4n) is 5.45. The predicted molar refractivity (Wildman–Crippen MR) is 131 cm³/mol. The minimum absolute atomic E-state index is 0.0786. The molecule has 3 heterocycles. The monoisotopic (exact) mass is 462 g/mol. The van der Waals surface area contributed by atoms with Gasteiger partial charge in [0.05, 0.1) is 23.3 Å². The first kappa shape index (κ1) is 22.4. The number of rotatable bonds is 5. The molecule has 0 amide bonds. The third-order valence-electron chi connectivity index (χ3n) is 7.54. The van der Waals surface area contributed by atoms with E-state index in [1.807, 2.05) is 19.9 Å². The van der Waals surface area contributed by atoms with Crippen LogP contribution >= 0.6 is 0 Å². The number of aliphatic hydroxyl groups is 1. The van der Waals surface area contributed by atoms with Gasteiger partial charge in [-0.25, -0.2) is 9.78 Å². The number of aromatic carboxylic acids is 1. The number of pyridine rings is 1. The number of hydrogen-bond donors (Lipinski definition) is 3. The molecule has 2 atom stereocenters. The number of anilines is 2. The van der Waals surface area contributed by atoms with E-state index in [0.29, 0.717) is 35.8 Å². The van der Waals surface area contributed by atoms with Gasteiger partial charge in [-0.15, -0.1) is 0 Å². The summed E-state index contributed by atoms with van der Waals surface area (Å²) < 4.78 is 1.58. The average molecular weight is 463 g/mol. The van der Waals surface area contributed by atoms with Crippen molar-refractivity contribution in [1.82, 2.24) is 9.38 Å². The van der Waals surface area contributed by atoms with Crippen LogP contribution in [0.1, 0.15) is 59.3 Å². The molecule has 3 aromatic rings. The molecule has 0 bridgehead atoms. The van der Waals surface area contributed by atoms with Crippen LogP contribution in [0.25, 0.3) is 5.65 Å². The van der Waals surface area contributed by atoms with Gasteiger partial charge < -0.3 is 20.4 Å². The number of aromatic nitrogens is 2. The lowest BCUT2D eigenvalue weighted by atomic mass is 9.67. The van der Waals surface area contributed by atoms with Gasteiger partial charge in [0.15, 0.2) is 0 Å². The topological polar surface area (TPSA) is 107 Å². The third-order valence-corrected chi connectivity index (χ3v) is 7.54. The number of aryl methyl sites for hydroxylation is 1. The van der Waals surface area contributed by atoms with Gasteiger partial charge in [-0.05, 0) is 57.4 Å². The Labute approximate surface area is 197 Å². The maximum atomic E-state index is 13.4. The smallest absolute Gasteiger partial charge is 0.337 e. The molecule has 5 rings (SSSR count). The van der Waals surface area contributed by atoms with Crippen LogP contribution < -0.4 is 15.8 Å². The first-order chi connectivity index (χ1) is 16.2. The van der Waals surface area contributed by atoms with Crippen molar-refractivity contribution in [2.75, 3.05) is 23.3 Å². The minimum atomic E-state index is -1.01. The molecule has 1 aromatic carbocycles. The number of nitrogens with zero attached hydrogens (tertiary/aromatic N) is 3. The molecule has 2 fully saturated rings. The van der Waals surface area contributed by atoms with E-state index in [2.05, 4.69) is 10.2 Å². The lowest BCUT2D eigenvalue weighted by Gasteiger charge is -2.40. The van der Waals surface area contributed by atoms with Crippen LogP contribution in [-0.2, 0) is 0 Å². The molecule has 178 valence electrons. The minimum Gasteiger partial charge on any atom is -0.478 e. The third kappa shape index (κ3) is 3.53. The quantitative estimate of drug-likeness (QED) is 0.532. The summed E-state index contributed by atoms with van der Waals surface area (Å²) in [5, 5.41) is 23.6. The Bertz CT molecular complexity index is 1340. The number of hydrogen-bond acceptors (Lipinski definition) is 6. The van der Waals surface area contributed by atoms with E-state index in [0.717, 1.165) is 30.4 Å². The Kier molecular flexibility index (Phi) is 5.36. The van der Waals surface area contributed by atoms with Crippen LogP contribution in [0.4, 0.5) is 11.5 Å². The molecule has 8 nitrogen and oxygen atoms in total. The fourth-order valence-corrected chi connectivity index (χ4v) is 5.45. The molecule has 0 radical (unpaired) electrons. The maximum absolute atomic E-state index is 13.4. The molecular weight excluding hydrogens is 432 g/mol. The molecule has 1 unspecified atom stereocenters. The van der Waals surface area contributed by atoms with Gasteiger partial charge in [0.1, 0.15) is 11.5 Å². The lowest BCUT2D eigenvalue weighted by Crippen LogP contribution is -2.40. The summed E-state index contributed by atoms with van der Waals surface area (Å²) >= 11 is 0. The normalized spacial score (nSPS) is 19.9. The molecule has 2 aromatic heterocycles. The summed E-state index contributed by atoms with van der Waals surface area (Å²) in [4.78, 5) is 32.1. The largest absolute Gasteiger partial charge is 0.478 e. The molecule has 1 spiro atoms. The van der Waals surface area contributed by atoms with Crippen LogP contribution in [0, 0.1) is 19.3 Å². The van der Waals surface area contributed by atoms with Gasteiger partial charge in [0.25, 0.3) is 5.56 Å². The number of carboxylic acids is 1. The van der Waals surface area contributed by atoms with Gasteiger partial charge in [0, 0.05) is 36.0 Å². The molecule has 3 N–H and O–H groups in total. The van der Waals surface area contributed by atoms with Gasteiger partial charge in [-0.2, -0.15) is 0 Å². The van der Waals surface area contributed by atoms with Crippen molar-refractivity contribution >= 4 is 23.1 Å². The molecule has 8 heteroatoms. The molecule has 1 saturated carbocycles. The fraction of sp³-hybridized carbons (Fsp3) is 0.423. The number of para-hydroxylation sites is 1. The van der Waals surface area contributed by atoms with Gasteiger partial charge in [-0.1, -0.05) is 18.6 Å². The van der Waals surface area contributed by atoms with Gasteiger partial charge >= 0.3 is 5.97 Å². The zero-order valence-corrected chi connectivity index (χ0v) is 19.7. The van der Waals surface area contributed by atoms with Gasteiger partial charge in [-0.3, -0.25) is 9.20 Å². The number of nitrogens with one attached hydrogen (secondary N) is 1. The van der Waals surface area contributed by atoms with E-state index in [1.54, 1.807) is 41.8 Å². The van der Waals surface area contributed by atoms with E-state index >= 15 is 0 Å². The Morgan fingerprint density at radius 2 is 2.00 bits per heavy atom. The summed E-state index contributed by atoms with van der Waals surface area (Å²) in [6, 6.07) is 8.45. The Hall–Kier alpha value is -3.39. The molecule has 2 aliphatic rings. The molecule has 1 aliphatic heterocycles. The zero-order valence-electron chi connectivity index (χ0n) is 19.7. The Morgan fingerprint density at radius 1 is 1.26 bits per heavy atom. The van der Waals surface area contributed by atoms with Crippen molar-refractivity contribution in [2.45, 2.75) is 52.2 Å². The van der Waals surface area contributed by atoms with E-state index in [1.165, 1.54) is 0 Å². The Morgan fingerprint density at radius 3 is 2.65 bits per heavy atom. The summed E-state index contributed by atoms with van der Waals surface area (Å²) in [5.41, 5.74) is 3.29. The van der Waals surface area contributed by atoms with Crippen molar-refractivity contribution in [1.29, 1.82) is 0 Å². The second-order valence-electron chi connectivity index (χ2n) is 9.86. The van der Waals surface area contributed by atoms with E-state index in [4.69, 9.17) is 4.98 Å².